The van der Waals surface area contributed by atoms with Crippen LogP contribution >= 0.6 is 11.6 Å². The second kappa shape index (κ2) is 5.69. The number of carbonyl (C=O) groups is 1. The van der Waals surface area contributed by atoms with E-state index < -0.39 is 5.91 Å². The predicted octanol–water partition coefficient (Wildman–Crippen LogP) is 1.91. The van der Waals surface area contributed by atoms with Crippen LogP contribution in [0.5, 0.6) is 0 Å². The molecule has 1 aromatic heterocycles. The van der Waals surface area contributed by atoms with Crippen LogP contribution in [0, 0.1) is 5.92 Å². The Morgan fingerprint density at radius 3 is 2.71 bits per heavy atom. The monoisotopic (exact) mass is 302 g/mol. The maximum atomic E-state index is 11.4. The zero-order valence-corrected chi connectivity index (χ0v) is 12.1. The maximum Gasteiger partial charge on any atom is 0.271 e. The molecule has 2 aromatic rings. The number of halogens is 1. The highest BCUT2D eigenvalue weighted by Crippen LogP contribution is 2.28. The molecule has 2 heterocycles. The smallest absolute Gasteiger partial charge is 0.271 e. The van der Waals surface area contributed by atoms with Crippen molar-refractivity contribution in [3.63, 3.8) is 0 Å². The summed E-state index contributed by atoms with van der Waals surface area (Å²) in [6.45, 7) is 1.65. The lowest BCUT2D eigenvalue weighted by Crippen LogP contribution is -2.49. The summed E-state index contributed by atoms with van der Waals surface area (Å²) < 4.78 is 0. The molecule has 0 spiro atoms. The van der Waals surface area contributed by atoms with Crippen molar-refractivity contribution in [1.29, 1.82) is 0 Å². The van der Waals surface area contributed by atoms with E-state index in [9.17, 15) is 4.79 Å². The molecule has 6 heteroatoms. The van der Waals surface area contributed by atoms with Gasteiger partial charge in [-0.15, -0.1) is 0 Å². The number of nitrogens with zero attached hydrogens (tertiary/aromatic N) is 3. The van der Waals surface area contributed by atoms with Crippen LogP contribution in [0.25, 0.3) is 0 Å². The van der Waals surface area contributed by atoms with Crippen LogP contribution in [0.1, 0.15) is 16.1 Å². The van der Waals surface area contributed by atoms with Gasteiger partial charge in [0.25, 0.3) is 5.91 Å². The third-order valence-corrected chi connectivity index (χ3v) is 4.00. The van der Waals surface area contributed by atoms with Gasteiger partial charge in [0.1, 0.15) is 0 Å². The first-order chi connectivity index (χ1) is 10.1. The largest absolute Gasteiger partial charge is 0.364 e. The molecule has 1 saturated heterocycles. The molecule has 0 bridgehead atoms. The van der Waals surface area contributed by atoms with E-state index in [1.807, 2.05) is 29.2 Å². The fourth-order valence-electron chi connectivity index (χ4n) is 2.58. The molecule has 2 N–H and O–H groups in total. The van der Waals surface area contributed by atoms with E-state index >= 15 is 0 Å². The number of hydrogen-bond donors (Lipinski definition) is 1. The molecule has 1 aromatic carbocycles. The second-order valence-corrected chi connectivity index (χ2v) is 5.57. The van der Waals surface area contributed by atoms with Gasteiger partial charge in [-0.1, -0.05) is 29.8 Å². The van der Waals surface area contributed by atoms with Crippen molar-refractivity contribution in [3.8, 4) is 0 Å². The maximum absolute atomic E-state index is 11.4. The van der Waals surface area contributed by atoms with Gasteiger partial charge in [0.2, 0.25) is 0 Å². The van der Waals surface area contributed by atoms with Gasteiger partial charge in [-0.2, -0.15) is 0 Å². The van der Waals surface area contributed by atoms with Gasteiger partial charge in [-0.25, -0.2) is 9.97 Å². The van der Waals surface area contributed by atoms with E-state index in [4.69, 9.17) is 17.3 Å². The van der Waals surface area contributed by atoms with Crippen molar-refractivity contribution < 1.29 is 4.79 Å². The van der Waals surface area contributed by atoms with Crippen LogP contribution in [0.2, 0.25) is 5.02 Å². The molecule has 108 valence electrons. The van der Waals surface area contributed by atoms with E-state index in [2.05, 4.69) is 9.97 Å². The summed E-state index contributed by atoms with van der Waals surface area (Å²) >= 11 is 6.17. The highest BCUT2D eigenvalue weighted by molar-refractivity contribution is 6.31. The van der Waals surface area contributed by atoms with Crippen LogP contribution in [0.15, 0.2) is 36.7 Å². The minimum Gasteiger partial charge on any atom is -0.364 e. The van der Waals surface area contributed by atoms with Crippen LogP contribution in [0.4, 0.5) is 5.82 Å². The van der Waals surface area contributed by atoms with Gasteiger partial charge in [0, 0.05) is 30.5 Å². The van der Waals surface area contributed by atoms with Crippen molar-refractivity contribution in [2.45, 2.75) is 6.42 Å². The number of nitrogens with two attached hydrogens (primary N) is 1. The summed E-state index contributed by atoms with van der Waals surface area (Å²) in [5, 5.41) is 0.799. The molecule has 21 heavy (non-hydrogen) atoms. The lowest BCUT2D eigenvalue weighted by molar-refractivity contribution is 0.0995. The van der Waals surface area contributed by atoms with E-state index in [0.29, 0.717) is 11.7 Å². The van der Waals surface area contributed by atoms with Gasteiger partial charge in [-0.3, -0.25) is 4.79 Å². The molecule has 0 radical (unpaired) electrons. The molecular formula is C15H15ClN4O. The number of carbonyl (C=O) groups excluding carboxylic acids is 1. The fraction of sp³-hybridized carbons (Fsp3) is 0.267. The molecule has 0 saturated carbocycles. The van der Waals surface area contributed by atoms with Gasteiger partial charge < -0.3 is 10.6 Å². The highest BCUT2D eigenvalue weighted by Gasteiger charge is 2.31. The molecule has 1 fully saturated rings. The SMILES string of the molecule is NC(=O)c1nccnc1N1CC(Cc2ccccc2Cl)C1. The van der Waals surface area contributed by atoms with Crippen molar-refractivity contribution in [3.05, 3.63) is 52.9 Å². The van der Waals surface area contributed by atoms with E-state index in [-0.39, 0.29) is 5.69 Å². The molecular weight excluding hydrogens is 288 g/mol. The quantitative estimate of drug-likeness (QED) is 0.936. The lowest BCUT2D eigenvalue weighted by Gasteiger charge is -2.40. The molecule has 0 unspecified atom stereocenters. The van der Waals surface area contributed by atoms with Crippen LogP contribution in [-0.4, -0.2) is 29.0 Å². The van der Waals surface area contributed by atoms with Gasteiger partial charge in [-0.05, 0) is 24.0 Å². The Balaban J connectivity index is 1.67. The van der Waals surface area contributed by atoms with Crippen molar-refractivity contribution in [2.75, 3.05) is 18.0 Å². The minimum atomic E-state index is -0.548. The molecule has 1 aliphatic rings. The van der Waals surface area contributed by atoms with E-state index in [1.54, 1.807) is 6.20 Å². The summed E-state index contributed by atoms with van der Waals surface area (Å²) in [6.07, 6.45) is 3.97. The second-order valence-electron chi connectivity index (χ2n) is 5.16. The summed E-state index contributed by atoms with van der Waals surface area (Å²) in [4.78, 5) is 21.6. The molecule has 1 amide bonds. The fourth-order valence-corrected chi connectivity index (χ4v) is 2.80. The Labute approximate surface area is 127 Å². The third-order valence-electron chi connectivity index (χ3n) is 3.64. The summed E-state index contributed by atoms with van der Waals surface area (Å²) in [6, 6.07) is 7.87. The summed E-state index contributed by atoms with van der Waals surface area (Å²) in [7, 11) is 0. The summed E-state index contributed by atoms with van der Waals surface area (Å²) in [5.41, 5.74) is 6.70. The lowest BCUT2D eigenvalue weighted by atomic mass is 9.92. The number of anilines is 1. The molecule has 1 aliphatic heterocycles. The number of hydrogen-bond acceptors (Lipinski definition) is 4. The standard InChI is InChI=1S/C15H15ClN4O/c16-12-4-2-1-3-11(12)7-10-8-20(9-10)15-13(14(17)21)18-5-6-19-15/h1-6,10H,7-9H2,(H2,17,21). The average molecular weight is 303 g/mol. The van der Waals surface area contributed by atoms with Crippen LogP contribution in [-0.2, 0) is 6.42 Å². The third kappa shape index (κ3) is 2.83. The molecule has 0 atom stereocenters. The first-order valence-electron chi connectivity index (χ1n) is 6.74. The Bertz CT molecular complexity index is 670. The Kier molecular flexibility index (Phi) is 3.75. The molecule has 0 aliphatic carbocycles. The number of primary amides is 1. The molecule has 5 nitrogen and oxygen atoms in total. The Morgan fingerprint density at radius 2 is 2.00 bits per heavy atom. The van der Waals surface area contributed by atoms with Crippen LogP contribution in [0.3, 0.4) is 0 Å². The number of benzene rings is 1. The highest BCUT2D eigenvalue weighted by atomic mass is 35.5. The number of aromatic nitrogens is 2. The molecule has 3 rings (SSSR count). The van der Waals surface area contributed by atoms with Crippen molar-refractivity contribution in [2.24, 2.45) is 11.7 Å². The first kappa shape index (κ1) is 13.8. The number of rotatable bonds is 4. The van der Waals surface area contributed by atoms with Gasteiger partial charge >= 0.3 is 0 Å². The number of amides is 1. The predicted molar refractivity (Wildman–Crippen MR) is 81.4 cm³/mol. The minimum absolute atomic E-state index is 0.230. The Morgan fingerprint density at radius 1 is 1.29 bits per heavy atom. The van der Waals surface area contributed by atoms with E-state index in [1.165, 1.54) is 6.20 Å². The zero-order valence-electron chi connectivity index (χ0n) is 11.4. The van der Waals surface area contributed by atoms with Crippen molar-refractivity contribution >= 4 is 23.3 Å². The van der Waals surface area contributed by atoms with Gasteiger partial charge in [0.15, 0.2) is 11.5 Å². The van der Waals surface area contributed by atoms with Crippen LogP contribution < -0.4 is 10.6 Å². The Hall–Kier alpha value is -2.14. The van der Waals surface area contributed by atoms with Gasteiger partial charge in [0.05, 0.1) is 0 Å². The van der Waals surface area contributed by atoms with Crippen molar-refractivity contribution in [1.82, 2.24) is 9.97 Å². The normalized spacial score (nSPS) is 14.8. The first-order valence-corrected chi connectivity index (χ1v) is 7.12. The van der Waals surface area contributed by atoms with E-state index in [0.717, 1.165) is 30.1 Å². The summed E-state index contributed by atoms with van der Waals surface area (Å²) in [5.74, 6) is 0.515. The topological polar surface area (TPSA) is 72.1 Å². The zero-order chi connectivity index (χ0) is 14.8. The average Bonchev–Trinajstić information content (AvgIpc) is 2.44.